The first kappa shape index (κ1) is 32.3. The van der Waals surface area contributed by atoms with Crippen molar-refractivity contribution in [2.75, 3.05) is 20.2 Å². The van der Waals surface area contributed by atoms with Crippen LogP contribution in [-0.2, 0) is 13.1 Å². The summed E-state index contributed by atoms with van der Waals surface area (Å²) in [5.74, 6) is 1.97. The van der Waals surface area contributed by atoms with Crippen molar-refractivity contribution >= 4 is 11.0 Å². The van der Waals surface area contributed by atoms with E-state index < -0.39 is 0 Å². The summed E-state index contributed by atoms with van der Waals surface area (Å²) < 4.78 is 8.07. The highest BCUT2D eigenvalue weighted by molar-refractivity contribution is 5.80. The molecule has 8 heteroatoms. The molecule has 0 bridgehead atoms. The third-order valence-corrected chi connectivity index (χ3v) is 5.97. The quantitative estimate of drug-likeness (QED) is 0.377. The van der Waals surface area contributed by atoms with Gasteiger partial charge in [0.05, 0.1) is 18.1 Å². The minimum atomic E-state index is 0. The molecule has 1 aromatic heterocycles. The van der Waals surface area contributed by atoms with Crippen LogP contribution in [-0.4, -0.2) is 56.6 Å². The monoisotopic (exact) mass is 495 g/mol. The van der Waals surface area contributed by atoms with Gasteiger partial charge in [-0.1, -0.05) is 54.6 Å². The number of para-hydroxylation sites is 2. The fourth-order valence-corrected chi connectivity index (χ4v) is 4.43. The first-order valence-electron chi connectivity index (χ1n) is 11.0. The zero-order valence-corrected chi connectivity index (χ0v) is 20.6. The molecule has 5 rings (SSSR count). The van der Waals surface area contributed by atoms with Gasteiger partial charge in [-0.3, -0.25) is 4.90 Å². The number of ether oxygens (including phenoxy) is 1. The fourth-order valence-electron chi connectivity index (χ4n) is 4.43. The Morgan fingerprint density at radius 3 is 2.11 bits per heavy atom. The predicted molar refractivity (Wildman–Crippen MR) is 146 cm³/mol. The van der Waals surface area contributed by atoms with Gasteiger partial charge in [-0.15, -0.1) is 12.8 Å². The standard InChI is InChI=1S/C26H27N3O.C2H2.4H2O/c1-30-25-17-20(13-14-22(25)19-28-15-7-8-16-28)18-29-24-12-6-5-11-23(24)27-26(29)21-9-3-2-4-10-21;1-2;;;;/h2-6,9-14,17H,7-8,15-16,18-19H2,1H3;1-2H;4*1H2. The van der Waals surface area contributed by atoms with Crippen LogP contribution >= 0.6 is 0 Å². The Balaban J connectivity index is 0.00000199. The van der Waals surface area contributed by atoms with E-state index in [4.69, 9.17) is 9.72 Å². The zero-order chi connectivity index (χ0) is 22.3. The van der Waals surface area contributed by atoms with Crippen LogP contribution in [0.4, 0.5) is 0 Å². The number of hydrogen-bond acceptors (Lipinski definition) is 3. The van der Waals surface area contributed by atoms with Crippen LogP contribution in [0.2, 0.25) is 0 Å². The Bertz CT molecular complexity index is 1200. The molecule has 36 heavy (non-hydrogen) atoms. The average Bonchev–Trinajstić information content (AvgIpc) is 3.50. The van der Waals surface area contributed by atoms with Gasteiger partial charge in [-0.05, 0) is 49.7 Å². The van der Waals surface area contributed by atoms with Crippen molar-refractivity contribution in [1.82, 2.24) is 14.5 Å². The van der Waals surface area contributed by atoms with Crippen LogP contribution in [0.15, 0.2) is 72.8 Å². The minimum absolute atomic E-state index is 0. The summed E-state index contributed by atoms with van der Waals surface area (Å²) in [5, 5.41) is 0. The lowest BCUT2D eigenvalue weighted by Crippen LogP contribution is -2.18. The summed E-state index contributed by atoms with van der Waals surface area (Å²) in [5.41, 5.74) is 5.79. The lowest BCUT2D eigenvalue weighted by Gasteiger charge is -2.18. The van der Waals surface area contributed by atoms with Gasteiger partial charge in [0.15, 0.2) is 0 Å². The highest BCUT2D eigenvalue weighted by Crippen LogP contribution is 2.28. The van der Waals surface area contributed by atoms with Gasteiger partial charge in [0.2, 0.25) is 0 Å². The molecule has 0 radical (unpaired) electrons. The average molecular weight is 496 g/mol. The molecular weight excluding hydrogens is 458 g/mol. The van der Waals surface area contributed by atoms with Gasteiger partial charge in [0.25, 0.3) is 0 Å². The topological polar surface area (TPSA) is 156 Å². The molecule has 3 aromatic carbocycles. The largest absolute Gasteiger partial charge is 0.496 e. The number of likely N-dealkylation sites (tertiary alicyclic amines) is 1. The van der Waals surface area contributed by atoms with Crippen molar-refractivity contribution in [3.05, 3.63) is 83.9 Å². The van der Waals surface area contributed by atoms with Crippen molar-refractivity contribution in [3.63, 3.8) is 0 Å². The van der Waals surface area contributed by atoms with Crippen molar-refractivity contribution in [2.45, 2.75) is 25.9 Å². The molecule has 4 aromatic rings. The van der Waals surface area contributed by atoms with E-state index in [0.717, 1.165) is 41.3 Å². The second kappa shape index (κ2) is 15.3. The van der Waals surface area contributed by atoms with Crippen LogP contribution < -0.4 is 4.74 Å². The molecule has 1 saturated heterocycles. The van der Waals surface area contributed by atoms with E-state index in [1.807, 2.05) is 12.1 Å². The van der Waals surface area contributed by atoms with Gasteiger partial charge in [0, 0.05) is 24.2 Å². The summed E-state index contributed by atoms with van der Waals surface area (Å²) in [6, 6.07) is 25.4. The summed E-state index contributed by atoms with van der Waals surface area (Å²) in [6.45, 7) is 4.09. The number of aromatic nitrogens is 2. The lowest BCUT2D eigenvalue weighted by molar-refractivity contribution is 0.321. The first-order valence-corrected chi connectivity index (χ1v) is 11.0. The van der Waals surface area contributed by atoms with E-state index >= 15 is 0 Å². The lowest BCUT2D eigenvalue weighted by atomic mass is 10.1. The van der Waals surface area contributed by atoms with E-state index in [1.54, 1.807) is 7.11 Å². The summed E-state index contributed by atoms with van der Waals surface area (Å²) in [7, 11) is 1.77. The van der Waals surface area contributed by atoms with Gasteiger partial charge < -0.3 is 31.2 Å². The minimum Gasteiger partial charge on any atom is -0.496 e. The number of methoxy groups -OCH3 is 1. The molecule has 1 aliphatic heterocycles. The van der Waals surface area contributed by atoms with E-state index in [1.165, 1.54) is 37.1 Å². The Kier molecular flexibility index (Phi) is 13.7. The number of benzene rings is 3. The van der Waals surface area contributed by atoms with Crippen molar-refractivity contribution < 1.29 is 26.6 Å². The molecule has 0 aliphatic carbocycles. The Labute approximate surface area is 212 Å². The number of fused-ring (bicyclic) bond motifs is 1. The molecule has 0 saturated carbocycles. The van der Waals surface area contributed by atoms with E-state index in [0.29, 0.717) is 0 Å². The SMILES string of the molecule is C#C.COc1cc(Cn2c(-c3ccccc3)nc3ccccc32)ccc1CN1CCCC1.O.O.O.O. The summed E-state index contributed by atoms with van der Waals surface area (Å²) in [6.07, 6.45) is 10.6. The van der Waals surface area contributed by atoms with E-state index in [-0.39, 0.29) is 21.9 Å². The maximum Gasteiger partial charge on any atom is 0.141 e. The molecule has 0 unspecified atom stereocenters. The molecule has 0 atom stereocenters. The number of rotatable bonds is 6. The molecule has 0 spiro atoms. The van der Waals surface area contributed by atoms with Crippen LogP contribution in [0.5, 0.6) is 5.75 Å². The molecule has 1 aliphatic rings. The van der Waals surface area contributed by atoms with Gasteiger partial charge >= 0.3 is 0 Å². The third kappa shape index (κ3) is 6.92. The van der Waals surface area contributed by atoms with Crippen LogP contribution in [0.3, 0.4) is 0 Å². The highest BCUT2D eigenvalue weighted by Gasteiger charge is 2.16. The molecule has 8 N–H and O–H groups in total. The van der Waals surface area contributed by atoms with Gasteiger partial charge in [0.1, 0.15) is 11.6 Å². The molecule has 0 amide bonds. The van der Waals surface area contributed by atoms with Crippen molar-refractivity contribution in [2.24, 2.45) is 0 Å². The number of nitrogens with zero attached hydrogens (tertiary/aromatic N) is 3. The molecular formula is C28H37N3O5. The van der Waals surface area contributed by atoms with E-state index in [2.05, 4.69) is 83.0 Å². The maximum absolute atomic E-state index is 5.77. The third-order valence-electron chi connectivity index (χ3n) is 5.97. The highest BCUT2D eigenvalue weighted by atomic mass is 16.5. The second-order valence-electron chi connectivity index (χ2n) is 8.01. The van der Waals surface area contributed by atoms with Crippen LogP contribution in [0.1, 0.15) is 24.0 Å². The fraction of sp³-hybridized carbons (Fsp3) is 0.250. The Morgan fingerprint density at radius 1 is 0.806 bits per heavy atom. The zero-order valence-electron chi connectivity index (χ0n) is 20.6. The maximum atomic E-state index is 5.77. The second-order valence-corrected chi connectivity index (χ2v) is 8.01. The normalized spacial score (nSPS) is 12.1. The van der Waals surface area contributed by atoms with Crippen molar-refractivity contribution in [1.29, 1.82) is 0 Å². The summed E-state index contributed by atoms with van der Waals surface area (Å²) >= 11 is 0. The molecule has 2 heterocycles. The van der Waals surface area contributed by atoms with E-state index in [9.17, 15) is 0 Å². The molecule has 8 nitrogen and oxygen atoms in total. The predicted octanol–water partition coefficient (Wildman–Crippen LogP) is 2.31. The Morgan fingerprint density at radius 2 is 1.44 bits per heavy atom. The van der Waals surface area contributed by atoms with Crippen molar-refractivity contribution in [3.8, 4) is 30.0 Å². The van der Waals surface area contributed by atoms with Crippen LogP contribution in [0, 0.1) is 12.8 Å². The number of terminal acetylenes is 1. The van der Waals surface area contributed by atoms with Crippen LogP contribution in [0.25, 0.3) is 22.4 Å². The van der Waals surface area contributed by atoms with Gasteiger partial charge in [-0.2, -0.15) is 0 Å². The molecule has 1 fully saturated rings. The number of imidazole rings is 1. The summed E-state index contributed by atoms with van der Waals surface area (Å²) in [4.78, 5) is 7.44. The number of hydrogen-bond donors (Lipinski definition) is 0. The van der Waals surface area contributed by atoms with Gasteiger partial charge in [-0.25, -0.2) is 4.98 Å². The Hall–Kier alpha value is -3.71. The smallest absolute Gasteiger partial charge is 0.141 e. The molecule has 194 valence electrons. The first-order chi connectivity index (χ1) is 15.8.